The molecule has 3 nitrogen and oxygen atoms in total. The summed E-state index contributed by atoms with van der Waals surface area (Å²) in [6.07, 6.45) is 1.14. The van der Waals surface area contributed by atoms with Crippen molar-refractivity contribution in [1.29, 1.82) is 0 Å². The number of nitrogens with zero attached hydrogens (tertiary/aromatic N) is 1. The van der Waals surface area contributed by atoms with Gasteiger partial charge in [-0.15, -0.1) is 12.6 Å². The molecule has 0 saturated carbocycles. The van der Waals surface area contributed by atoms with Crippen molar-refractivity contribution in [1.82, 2.24) is 10.2 Å². The second-order valence-electron chi connectivity index (χ2n) is 5.62. The summed E-state index contributed by atoms with van der Waals surface area (Å²) < 4.78 is 0. The average molecular weight is 313 g/mol. The Labute approximate surface area is 131 Å². The summed E-state index contributed by atoms with van der Waals surface area (Å²) in [5, 5.41) is 3.45. The minimum atomic E-state index is -0.117. The first-order valence-corrected chi connectivity index (χ1v) is 7.80. The van der Waals surface area contributed by atoms with Crippen LogP contribution in [-0.4, -0.2) is 36.5 Å². The lowest BCUT2D eigenvalue weighted by molar-refractivity contribution is 0.0947. The lowest BCUT2D eigenvalue weighted by atomic mass is 10.1. The molecule has 1 aliphatic heterocycles. The Morgan fingerprint density at radius 3 is 2.95 bits per heavy atom. The first kappa shape index (κ1) is 15.7. The standard InChI is InChI=1S/C15H21ClN2OS/c1-10(2)18-6-5-11(9-18)8-17-15(19)13-7-12(20)3-4-14(13)16/h3-4,7,10-11,20H,5-6,8-9H2,1-2H3,(H,17,19). The minimum Gasteiger partial charge on any atom is -0.352 e. The van der Waals surface area contributed by atoms with E-state index in [1.165, 1.54) is 0 Å². The molecule has 0 spiro atoms. The normalized spacial score (nSPS) is 19.6. The fraction of sp³-hybridized carbons (Fsp3) is 0.533. The zero-order chi connectivity index (χ0) is 14.7. The van der Waals surface area contributed by atoms with E-state index in [1.807, 2.05) is 0 Å². The predicted molar refractivity (Wildman–Crippen MR) is 85.9 cm³/mol. The highest BCUT2D eigenvalue weighted by atomic mass is 35.5. The van der Waals surface area contributed by atoms with Gasteiger partial charge in [0, 0.05) is 24.0 Å². The predicted octanol–water partition coefficient (Wildman–Crippen LogP) is 3.09. The van der Waals surface area contributed by atoms with E-state index in [9.17, 15) is 4.79 Å². The van der Waals surface area contributed by atoms with Crippen molar-refractivity contribution < 1.29 is 4.79 Å². The quantitative estimate of drug-likeness (QED) is 0.837. The van der Waals surface area contributed by atoms with Crippen molar-refractivity contribution >= 4 is 30.1 Å². The van der Waals surface area contributed by atoms with Crippen molar-refractivity contribution in [2.75, 3.05) is 19.6 Å². The molecule has 1 fully saturated rings. The molecule has 1 heterocycles. The Morgan fingerprint density at radius 1 is 1.55 bits per heavy atom. The zero-order valence-corrected chi connectivity index (χ0v) is 13.5. The van der Waals surface area contributed by atoms with Crippen LogP contribution >= 0.6 is 24.2 Å². The number of hydrogen-bond donors (Lipinski definition) is 2. The second-order valence-corrected chi connectivity index (χ2v) is 6.54. The SMILES string of the molecule is CC(C)N1CCC(CNC(=O)c2cc(S)ccc2Cl)C1. The van der Waals surface area contributed by atoms with Gasteiger partial charge in [0.15, 0.2) is 0 Å². The van der Waals surface area contributed by atoms with E-state index >= 15 is 0 Å². The van der Waals surface area contributed by atoms with Gasteiger partial charge in [0.25, 0.3) is 5.91 Å². The zero-order valence-electron chi connectivity index (χ0n) is 11.9. The lowest BCUT2D eigenvalue weighted by Crippen LogP contribution is -2.33. The number of halogens is 1. The maximum atomic E-state index is 12.1. The molecule has 1 amide bonds. The first-order chi connectivity index (χ1) is 9.47. The number of amides is 1. The molecule has 5 heteroatoms. The lowest BCUT2D eigenvalue weighted by Gasteiger charge is -2.20. The minimum absolute atomic E-state index is 0.117. The van der Waals surface area contributed by atoms with E-state index in [2.05, 4.69) is 36.7 Å². The topological polar surface area (TPSA) is 32.3 Å². The molecule has 1 unspecified atom stereocenters. The third-order valence-electron chi connectivity index (χ3n) is 3.79. The number of hydrogen-bond acceptors (Lipinski definition) is 3. The van der Waals surface area contributed by atoms with Gasteiger partial charge in [-0.05, 0) is 50.9 Å². The van der Waals surface area contributed by atoms with Crippen LogP contribution in [0.15, 0.2) is 23.1 Å². The summed E-state index contributed by atoms with van der Waals surface area (Å²) in [7, 11) is 0. The van der Waals surface area contributed by atoms with Crippen LogP contribution in [0.4, 0.5) is 0 Å². The summed E-state index contributed by atoms with van der Waals surface area (Å²) in [4.78, 5) is 15.3. The van der Waals surface area contributed by atoms with Gasteiger partial charge in [-0.25, -0.2) is 0 Å². The molecular formula is C15H21ClN2OS. The van der Waals surface area contributed by atoms with Gasteiger partial charge in [-0.2, -0.15) is 0 Å². The molecule has 1 atom stereocenters. The van der Waals surface area contributed by atoms with E-state index in [4.69, 9.17) is 11.6 Å². The van der Waals surface area contributed by atoms with Gasteiger partial charge >= 0.3 is 0 Å². The van der Waals surface area contributed by atoms with E-state index in [0.29, 0.717) is 29.1 Å². The number of carbonyl (C=O) groups is 1. The Morgan fingerprint density at radius 2 is 2.30 bits per heavy atom. The molecule has 1 N–H and O–H groups in total. The Bertz CT molecular complexity index is 493. The molecule has 20 heavy (non-hydrogen) atoms. The number of benzene rings is 1. The van der Waals surface area contributed by atoms with E-state index < -0.39 is 0 Å². The molecule has 1 aromatic carbocycles. The fourth-order valence-electron chi connectivity index (χ4n) is 2.52. The third kappa shape index (κ3) is 3.90. The Balaban J connectivity index is 1.88. The number of rotatable bonds is 4. The smallest absolute Gasteiger partial charge is 0.252 e. The van der Waals surface area contributed by atoms with Gasteiger partial charge in [-0.1, -0.05) is 11.6 Å². The number of carbonyl (C=O) groups excluding carboxylic acids is 1. The molecule has 0 radical (unpaired) electrons. The summed E-state index contributed by atoms with van der Waals surface area (Å²) in [5.74, 6) is 0.410. The molecular weight excluding hydrogens is 292 g/mol. The van der Waals surface area contributed by atoms with E-state index in [1.54, 1.807) is 18.2 Å². The summed E-state index contributed by atoms with van der Waals surface area (Å²) in [6, 6.07) is 5.76. The average Bonchev–Trinajstić information content (AvgIpc) is 2.88. The van der Waals surface area contributed by atoms with Gasteiger partial charge in [-0.3, -0.25) is 4.79 Å². The number of thiol groups is 1. The maximum absolute atomic E-state index is 12.1. The Hall–Kier alpha value is -0.710. The second kappa shape index (κ2) is 6.83. The summed E-state index contributed by atoms with van der Waals surface area (Å²) in [5.41, 5.74) is 0.498. The van der Waals surface area contributed by atoms with Crippen LogP contribution in [-0.2, 0) is 0 Å². The molecule has 1 aliphatic rings. The molecule has 1 saturated heterocycles. The van der Waals surface area contributed by atoms with Crippen LogP contribution in [0.1, 0.15) is 30.6 Å². The van der Waals surface area contributed by atoms with Gasteiger partial charge in [0.1, 0.15) is 0 Å². The van der Waals surface area contributed by atoms with Gasteiger partial charge in [0.05, 0.1) is 10.6 Å². The van der Waals surface area contributed by atoms with Crippen LogP contribution in [0.2, 0.25) is 5.02 Å². The highest BCUT2D eigenvalue weighted by molar-refractivity contribution is 7.80. The highest BCUT2D eigenvalue weighted by Gasteiger charge is 2.24. The first-order valence-electron chi connectivity index (χ1n) is 6.98. The number of likely N-dealkylation sites (tertiary alicyclic amines) is 1. The van der Waals surface area contributed by atoms with Crippen LogP contribution in [0.25, 0.3) is 0 Å². The monoisotopic (exact) mass is 312 g/mol. The van der Waals surface area contributed by atoms with Crippen LogP contribution in [0.5, 0.6) is 0 Å². The van der Waals surface area contributed by atoms with Crippen molar-refractivity contribution in [2.45, 2.75) is 31.2 Å². The van der Waals surface area contributed by atoms with Crippen LogP contribution in [0, 0.1) is 5.92 Å². The fourth-order valence-corrected chi connectivity index (χ4v) is 2.92. The summed E-state index contributed by atoms with van der Waals surface area (Å²) >= 11 is 10.3. The molecule has 1 aromatic rings. The highest BCUT2D eigenvalue weighted by Crippen LogP contribution is 2.21. The van der Waals surface area contributed by atoms with Gasteiger partial charge < -0.3 is 10.2 Å². The van der Waals surface area contributed by atoms with Crippen LogP contribution < -0.4 is 5.32 Å². The van der Waals surface area contributed by atoms with Crippen molar-refractivity contribution in [3.63, 3.8) is 0 Å². The maximum Gasteiger partial charge on any atom is 0.252 e. The van der Waals surface area contributed by atoms with E-state index in [0.717, 1.165) is 24.4 Å². The molecule has 2 rings (SSSR count). The van der Waals surface area contributed by atoms with Crippen molar-refractivity contribution in [3.8, 4) is 0 Å². The Kier molecular flexibility index (Phi) is 5.35. The largest absolute Gasteiger partial charge is 0.352 e. The van der Waals surface area contributed by atoms with Crippen LogP contribution in [0.3, 0.4) is 0 Å². The summed E-state index contributed by atoms with van der Waals surface area (Å²) in [6.45, 7) is 7.29. The van der Waals surface area contributed by atoms with Gasteiger partial charge in [0.2, 0.25) is 0 Å². The molecule has 0 aromatic heterocycles. The molecule has 0 aliphatic carbocycles. The van der Waals surface area contributed by atoms with Crippen molar-refractivity contribution in [2.24, 2.45) is 5.92 Å². The van der Waals surface area contributed by atoms with E-state index in [-0.39, 0.29) is 5.91 Å². The van der Waals surface area contributed by atoms with Crippen molar-refractivity contribution in [3.05, 3.63) is 28.8 Å². The molecule has 110 valence electrons. The molecule has 0 bridgehead atoms. The third-order valence-corrected chi connectivity index (χ3v) is 4.40. The number of nitrogens with one attached hydrogen (secondary N) is 1.